The molecule has 0 heterocycles. The van der Waals surface area contributed by atoms with Crippen molar-refractivity contribution in [3.05, 3.63) is 29.8 Å². The summed E-state index contributed by atoms with van der Waals surface area (Å²) >= 11 is 0. The number of benzene rings is 1. The maximum atomic E-state index is 10.5. The minimum absolute atomic E-state index is 0. The van der Waals surface area contributed by atoms with Gasteiger partial charge in [-0.3, -0.25) is 4.79 Å². The van der Waals surface area contributed by atoms with Gasteiger partial charge in [-0.1, -0.05) is 12.1 Å². The first-order chi connectivity index (χ1) is 7.63. The SMILES string of the molecule is Cl.NNC=Nc1ccc(C[C@H](N)C(=O)O)cc1. The predicted octanol–water partition coefficient (Wildman–Crippen LogP) is 0.186. The molecule has 0 aliphatic heterocycles. The number of hydrogen-bond donors (Lipinski definition) is 4. The Morgan fingerprint density at radius 3 is 2.53 bits per heavy atom. The highest BCUT2D eigenvalue weighted by Gasteiger charge is 2.11. The van der Waals surface area contributed by atoms with Crippen molar-refractivity contribution in [3.8, 4) is 0 Å². The molecule has 94 valence electrons. The zero-order valence-corrected chi connectivity index (χ0v) is 9.85. The van der Waals surface area contributed by atoms with Crippen LogP contribution in [0.15, 0.2) is 29.3 Å². The van der Waals surface area contributed by atoms with Crippen molar-refractivity contribution in [2.75, 3.05) is 0 Å². The van der Waals surface area contributed by atoms with Crippen molar-refractivity contribution in [1.29, 1.82) is 0 Å². The van der Waals surface area contributed by atoms with Gasteiger partial charge in [-0.25, -0.2) is 10.8 Å². The van der Waals surface area contributed by atoms with E-state index in [1.165, 1.54) is 6.34 Å². The zero-order chi connectivity index (χ0) is 12.0. The van der Waals surface area contributed by atoms with Crippen molar-refractivity contribution < 1.29 is 9.90 Å². The van der Waals surface area contributed by atoms with Crippen LogP contribution in [0.5, 0.6) is 0 Å². The summed E-state index contributed by atoms with van der Waals surface area (Å²) in [5.74, 6) is 4.02. The summed E-state index contributed by atoms with van der Waals surface area (Å²) in [6.45, 7) is 0. The molecule has 1 aromatic carbocycles. The van der Waals surface area contributed by atoms with E-state index in [0.29, 0.717) is 6.42 Å². The van der Waals surface area contributed by atoms with Gasteiger partial charge in [0.1, 0.15) is 12.4 Å². The molecule has 0 radical (unpaired) electrons. The van der Waals surface area contributed by atoms with Gasteiger partial charge in [0.25, 0.3) is 0 Å². The van der Waals surface area contributed by atoms with Crippen LogP contribution in [-0.2, 0) is 11.2 Å². The van der Waals surface area contributed by atoms with E-state index >= 15 is 0 Å². The molecule has 0 spiro atoms. The minimum atomic E-state index is -1.01. The van der Waals surface area contributed by atoms with Gasteiger partial charge in [-0.05, 0) is 24.1 Å². The van der Waals surface area contributed by atoms with Crippen LogP contribution in [0.4, 0.5) is 5.69 Å². The number of nitrogens with zero attached hydrogens (tertiary/aromatic N) is 1. The molecular weight excluding hydrogens is 244 g/mol. The molecule has 0 saturated heterocycles. The summed E-state index contributed by atoms with van der Waals surface area (Å²) in [6, 6.07) is 6.22. The first kappa shape index (κ1) is 15.4. The Morgan fingerprint density at radius 2 is 2.06 bits per heavy atom. The fraction of sp³-hybridized carbons (Fsp3) is 0.200. The van der Waals surface area contributed by atoms with Crippen LogP contribution < -0.4 is 17.0 Å². The summed E-state index contributed by atoms with van der Waals surface area (Å²) in [7, 11) is 0. The van der Waals surface area contributed by atoms with Crippen LogP contribution in [0.2, 0.25) is 0 Å². The highest BCUT2D eigenvalue weighted by molar-refractivity contribution is 5.85. The largest absolute Gasteiger partial charge is 0.480 e. The van der Waals surface area contributed by atoms with Crippen molar-refractivity contribution in [2.24, 2.45) is 16.6 Å². The third-order valence-electron chi connectivity index (χ3n) is 2.00. The lowest BCUT2D eigenvalue weighted by molar-refractivity contribution is -0.138. The van der Waals surface area contributed by atoms with Crippen LogP contribution >= 0.6 is 12.4 Å². The molecule has 0 unspecified atom stereocenters. The van der Waals surface area contributed by atoms with Gasteiger partial charge in [0, 0.05) is 0 Å². The molecule has 6 N–H and O–H groups in total. The van der Waals surface area contributed by atoms with Gasteiger partial charge < -0.3 is 16.3 Å². The van der Waals surface area contributed by atoms with Gasteiger partial charge in [0.05, 0.1) is 5.69 Å². The summed E-state index contributed by atoms with van der Waals surface area (Å²) in [5.41, 5.74) is 9.28. The van der Waals surface area contributed by atoms with Gasteiger partial charge in [0.2, 0.25) is 0 Å². The number of aliphatic carboxylic acids is 1. The highest BCUT2D eigenvalue weighted by atomic mass is 35.5. The Kier molecular flexibility index (Phi) is 6.88. The first-order valence-corrected chi connectivity index (χ1v) is 4.69. The second kappa shape index (κ2) is 7.61. The fourth-order valence-corrected chi connectivity index (χ4v) is 1.17. The van der Waals surface area contributed by atoms with Crippen LogP contribution in [0.1, 0.15) is 5.56 Å². The van der Waals surface area contributed by atoms with E-state index in [-0.39, 0.29) is 12.4 Å². The number of aliphatic imine (C=N–C) groups is 1. The number of carboxylic acid groups (broad SMARTS) is 1. The molecule has 1 aromatic rings. The molecule has 17 heavy (non-hydrogen) atoms. The maximum Gasteiger partial charge on any atom is 0.320 e. The number of nitrogens with one attached hydrogen (secondary N) is 1. The van der Waals surface area contributed by atoms with E-state index in [9.17, 15) is 4.79 Å². The van der Waals surface area contributed by atoms with E-state index in [1.54, 1.807) is 24.3 Å². The van der Waals surface area contributed by atoms with E-state index in [2.05, 4.69) is 10.4 Å². The Bertz CT molecular complexity index is 380. The van der Waals surface area contributed by atoms with Crippen molar-refractivity contribution in [1.82, 2.24) is 5.43 Å². The van der Waals surface area contributed by atoms with Gasteiger partial charge >= 0.3 is 5.97 Å². The predicted molar refractivity (Wildman–Crippen MR) is 68.5 cm³/mol. The molecule has 1 rings (SSSR count). The second-order valence-corrected chi connectivity index (χ2v) is 3.24. The summed E-state index contributed by atoms with van der Waals surface area (Å²) < 4.78 is 0. The van der Waals surface area contributed by atoms with Crippen LogP contribution in [0, 0.1) is 0 Å². The van der Waals surface area contributed by atoms with Crippen molar-refractivity contribution >= 4 is 30.4 Å². The quantitative estimate of drug-likeness (QED) is 0.260. The minimum Gasteiger partial charge on any atom is -0.480 e. The lowest BCUT2D eigenvalue weighted by atomic mass is 10.1. The van der Waals surface area contributed by atoms with Gasteiger partial charge in [-0.2, -0.15) is 0 Å². The number of hydrazine groups is 1. The Morgan fingerprint density at radius 1 is 1.47 bits per heavy atom. The molecular formula is C10H15ClN4O2. The molecule has 0 fully saturated rings. The standard InChI is InChI=1S/C10H14N4O2.ClH/c11-9(10(15)16)5-7-1-3-8(4-2-7)13-6-14-12;/h1-4,6,9H,5,11-12H2,(H,13,14)(H,15,16);1H/t9-;/m0./s1. The smallest absolute Gasteiger partial charge is 0.320 e. The molecule has 0 aliphatic carbocycles. The van der Waals surface area contributed by atoms with Crippen LogP contribution in [0.25, 0.3) is 0 Å². The van der Waals surface area contributed by atoms with Crippen molar-refractivity contribution in [3.63, 3.8) is 0 Å². The molecule has 0 aliphatic rings. The number of hydrogen-bond acceptors (Lipinski definition) is 4. The molecule has 0 amide bonds. The topological polar surface area (TPSA) is 114 Å². The average molecular weight is 259 g/mol. The van der Waals surface area contributed by atoms with E-state index < -0.39 is 12.0 Å². The van der Waals surface area contributed by atoms with Gasteiger partial charge in [-0.15, -0.1) is 12.4 Å². The van der Waals surface area contributed by atoms with E-state index in [0.717, 1.165) is 11.3 Å². The number of carbonyl (C=O) groups is 1. The van der Waals surface area contributed by atoms with E-state index in [1.807, 2.05) is 0 Å². The first-order valence-electron chi connectivity index (χ1n) is 4.69. The molecule has 0 saturated carbocycles. The lowest BCUT2D eigenvalue weighted by Crippen LogP contribution is -2.32. The van der Waals surface area contributed by atoms with Crippen molar-refractivity contribution in [2.45, 2.75) is 12.5 Å². The summed E-state index contributed by atoms with van der Waals surface area (Å²) in [5, 5.41) is 8.64. The monoisotopic (exact) mass is 258 g/mol. The maximum absolute atomic E-state index is 10.5. The van der Waals surface area contributed by atoms with E-state index in [4.69, 9.17) is 16.7 Å². The average Bonchev–Trinajstić information content (AvgIpc) is 2.28. The number of rotatable bonds is 5. The summed E-state index contributed by atoms with van der Waals surface area (Å²) in [6.07, 6.45) is 1.66. The normalized spacial score (nSPS) is 11.9. The molecule has 6 nitrogen and oxygen atoms in total. The number of carboxylic acids is 1. The highest BCUT2D eigenvalue weighted by Crippen LogP contribution is 2.13. The molecule has 0 bridgehead atoms. The van der Waals surface area contributed by atoms with Crippen LogP contribution in [0.3, 0.4) is 0 Å². The Balaban J connectivity index is 0.00000256. The van der Waals surface area contributed by atoms with Gasteiger partial charge in [0.15, 0.2) is 0 Å². The number of nitrogens with two attached hydrogens (primary N) is 2. The zero-order valence-electron chi connectivity index (χ0n) is 9.04. The molecule has 7 heteroatoms. The third-order valence-corrected chi connectivity index (χ3v) is 2.00. The Labute approximate surface area is 105 Å². The molecule has 0 aromatic heterocycles. The fourth-order valence-electron chi connectivity index (χ4n) is 1.17. The van der Waals surface area contributed by atoms with Crippen LogP contribution in [-0.4, -0.2) is 23.5 Å². The Hall–Kier alpha value is -1.63. The lowest BCUT2D eigenvalue weighted by Gasteiger charge is -2.06. The third kappa shape index (κ3) is 5.30. The number of halogens is 1. The molecule has 1 atom stereocenters. The summed E-state index contributed by atoms with van der Waals surface area (Å²) in [4.78, 5) is 14.5. The second-order valence-electron chi connectivity index (χ2n) is 3.24.